The van der Waals surface area contributed by atoms with Gasteiger partial charge in [-0.05, 0) is 17.7 Å². The Bertz CT molecular complexity index is 239. The van der Waals surface area contributed by atoms with Crippen LogP contribution in [0.1, 0.15) is 11.7 Å². The molecule has 1 N–H and O–H groups in total. The predicted octanol–water partition coefficient (Wildman–Crippen LogP) is 2.77. The molecule has 1 nitrogen and oxygen atoms in total. The van der Waals surface area contributed by atoms with Crippen molar-refractivity contribution >= 4 is 27.5 Å². The zero-order valence-corrected chi connectivity index (χ0v) is 8.14. The summed E-state index contributed by atoms with van der Waals surface area (Å²) in [5.74, 6) is 0. The SMILES string of the molecule is OC(CBr)c1cccc(Cl)c1. The van der Waals surface area contributed by atoms with E-state index in [1.807, 2.05) is 12.1 Å². The number of hydrogen-bond acceptors (Lipinski definition) is 1. The fourth-order valence-corrected chi connectivity index (χ4v) is 1.38. The lowest BCUT2D eigenvalue weighted by Gasteiger charge is -2.06. The number of aliphatic hydroxyl groups is 1. The first-order valence-electron chi connectivity index (χ1n) is 3.23. The molecule has 0 aliphatic carbocycles. The molecule has 0 saturated heterocycles. The molecule has 3 heteroatoms. The van der Waals surface area contributed by atoms with Crippen molar-refractivity contribution in [2.45, 2.75) is 6.10 Å². The lowest BCUT2D eigenvalue weighted by molar-refractivity contribution is 0.205. The molecule has 1 aromatic rings. The van der Waals surface area contributed by atoms with Crippen molar-refractivity contribution in [1.29, 1.82) is 0 Å². The Labute approximate surface area is 79.1 Å². The van der Waals surface area contributed by atoms with Crippen molar-refractivity contribution < 1.29 is 5.11 Å². The number of benzene rings is 1. The molecule has 0 amide bonds. The van der Waals surface area contributed by atoms with E-state index in [0.29, 0.717) is 10.4 Å². The largest absolute Gasteiger partial charge is 0.388 e. The molecular weight excluding hydrogens is 227 g/mol. The van der Waals surface area contributed by atoms with Crippen LogP contribution in [-0.2, 0) is 0 Å². The minimum Gasteiger partial charge on any atom is -0.388 e. The van der Waals surface area contributed by atoms with Crippen LogP contribution < -0.4 is 0 Å². The molecule has 0 fully saturated rings. The highest BCUT2D eigenvalue weighted by atomic mass is 79.9. The molecule has 1 atom stereocenters. The maximum atomic E-state index is 9.35. The first-order chi connectivity index (χ1) is 5.24. The normalized spacial score (nSPS) is 13.0. The highest BCUT2D eigenvalue weighted by Gasteiger charge is 2.04. The van der Waals surface area contributed by atoms with Crippen molar-refractivity contribution in [3.63, 3.8) is 0 Å². The minimum absolute atomic E-state index is 0.464. The van der Waals surface area contributed by atoms with E-state index in [9.17, 15) is 5.11 Å². The topological polar surface area (TPSA) is 20.2 Å². The Morgan fingerprint density at radius 3 is 2.82 bits per heavy atom. The third-order valence-electron chi connectivity index (χ3n) is 1.38. The van der Waals surface area contributed by atoms with E-state index in [-0.39, 0.29) is 0 Å². The van der Waals surface area contributed by atoms with E-state index in [0.717, 1.165) is 5.56 Å². The monoisotopic (exact) mass is 234 g/mol. The fourth-order valence-electron chi connectivity index (χ4n) is 0.803. The van der Waals surface area contributed by atoms with Crippen LogP contribution in [0.15, 0.2) is 24.3 Å². The highest BCUT2D eigenvalue weighted by Crippen LogP contribution is 2.18. The van der Waals surface area contributed by atoms with Gasteiger partial charge in [0.05, 0.1) is 6.10 Å². The summed E-state index contributed by atoms with van der Waals surface area (Å²) < 4.78 is 0. The fraction of sp³-hybridized carbons (Fsp3) is 0.250. The standard InChI is InChI=1S/C8H8BrClO/c9-5-8(11)6-2-1-3-7(10)4-6/h1-4,8,11H,5H2. The molecule has 0 spiro atoms. The van der Waals surface area contributed by atoms with E-state index in [2.05, 4.69) is 15.9 Å². The molecule has 1 aromatic carbocycles. The maximum absolute atomic E-state index is 9.35. The summed E-state index contributed by atoms with van der Waals surface area (Å²) in [6, 6.07) is 7.21. The second kappa shape index (κ2) is 4.10. The van der Waals surface area contributed by atoms with Crippen LogP contribution in [0.5, 0.6) is 0 Å². The Kier molecular flexibility index (Phi) is 3.37. The minimum atomic E-state index is -0.464. The van der Waals surface area contributed by atoms with Crippen molar-refractivity contribution in [3.05, 3.63) is 34.9 Å². The molecule has 11 heavy (non-hydrogen) atoms. The number of hydrogen-bond donors (Lipinski definition) is 1. The van der Waals surface area contributed by atoms with Crippen molar-refractivity contribution in [3.8, 4) is 0 Å². The number of aliphatic hydroxyl groups excluding tert-OH is 1. The van der Waals surface area contributed by atoms with Crippen LogP contribution in [0.25, 0.3) is 0 Å². The summed E-state index contributed by atoms with van der Waals surface area (Å²) in [4.78, 5) is 0. The number of rotatable bonds is 2. The summed E-state index contributed by atoms with van der Waals surface area (Å²) in [7, 11) is 0. The molecule has 0 aliphatic rings. The summed E-state index contributed by atoms with van der Waals surface area (Å²) in [6.45, 7) is 0. The molecular formula is C8H8BrClO. The van der Waals surface area contributed by atoms with Gasteiger partial charge >= 0.3 is 0 Å². The third kappa shape index (κ3) is 2.47. The van der Waals surface area contributed by atoms with Gasteiger partial charge in [0.2, 0.25) is 0 Å². The van der Waals surface area contributed by atoms with Crippen molar-refractivity contribution in [1.82, 2.24) is 0 Å². The molecule has 60 valence electrons. The van der Waals surface area contributed by atoms with Crippen LogP contribution in [-0.4, -0.2) is 10.4 Å². The van der Waals surface area contributed by atoms with E-state index in [4.69, 9.17) is 11.6 Å². The van der Waals surface area contributed by atoms with Gasteiger partial charge in [0.15, 0.2) is 0 Å². The van der Waals surface area contributed by atoms with E-state index < -0.39 is 6.10 Å². The van der Waals surface area contributed by atoms with E-state index in [1.165, 1.54) is 0 Å². The van der Waals surface area contributed by atoms with Gasteiger partial charge in [-0.2, -0.15) is 0 Å². The molecule has 0 bridgehead atoms. The van der Waals surface area contributed by atoms with Gasteiger partial charge in [-0.15, -0.1) is 0 Å². The van der Waals surface area contributed by atoms with E-state index >= 15 is 0 Å². The molecule has 0 radical (unpaired) electrons. The summed E-state index contributed by atoms with van der Waals surface area (Å²) in [6.07, 6.45) is -0.464. The van der Waals surface area contributed by atoms with E-state index in [1.54, 1.807) is 12.1 Å². The van der Waals surface area contributed by atoms with Crippen LogP contribution in [0.3, 0.4) is 0 Å². The van der Waals surface area contributed by atoms with Gasteiger partial charge in [-0.25, -0.2) is 0 Å². The Morgan fingerprint density at radius 2 is 2.27 bits per heavy atom. The summed E-state index contributed by atoms with van der Waals surface area (Å²) in [5.41, 5.74) is 0.842. The smallest absolute Gasteiger partial charge is 0.0887 e. The van der Waals surface area contributed by atoms with Crippen molar-refractivity contribution in [2.75, 3.05) is 5.33 Å². The summed E-state index contributed by atoms with van der Waals surface area (Å²) in [5, 5.41) is 10.5. The highest BCUT2D eigenvalue weighted by molar-refractivity contribution is 9.09. The first kappa shape index (κ1) is 9.04. The maximum Gasteiger partial charge on any atom is 0.0887 e. The average Bonchev–Trinajstić information content (AvgIpc) is 2.03. The zero-order valence-electron chi connectivity index (χ0n) is 5.80. The second-order valence-electron chi connectivity index (χ2n) is 2.23. The summed E-state index contributed by atoms with van der Waals surface area (Å²) >= 11 is 8.90. The first-order valence-corrected chi connectivity index (χ1v) is 4.73. The Hall–Kier alpha value is -0.0500. The average molecular weight is 236 g/mol. The molecule has 0 heterocycles. The van der Waals surface area contributed by atoms with Gasteiger partial charge < -0.3 is 5.11 Å². The zero-order chi connectivity index (χ0) is 8.27. The predicted molar refractivity (Wildman–Crippen MR) is 50.2 cm³/mol. The third-order valence-corrected chi connectivity index (χ3v) is 2.23. The molecule has 1 rings (SSSR count). The Morgan fingerprint density at radius 1 is 1.55 bits per heavy atom. The number of halogens is 2. The molecule has 0 aliphatic heterocycles. The lowest BCUT2D eigenvalue weighted by atomic mass is 10.1. The Balaban J connectivity index is 2.86. The molecule has 1 unspecified atom stereocenters. The number of alkyl halides is 1. The lowest BCUT2D eigenvalue weighted by Crippen LogP contribution is -1.97. The van der Waals surface area contributed by atoms with Crippen molar-refractivity contribution in [2.24, 2.45) is 0 Å². The van der Waals surface area contributed by atoms with Gasteiger partial charge in [-0.1, -0.05) is 39.7 Å². The molecule has 0 aromatic heterocycles. The van der Waals surface area contributed by atoms with Gasteiger partial charge in [0, 0.05) is 10.4 Å². The van der Waals surface area contributed by atoms with Gasteiger partial charge in [0.25, 0.3) is 0 Å². The van der Waals surface area contributed by atoms with Gasteiger partial charge in [-0.3, -0.25) is 0 Å². The molecule has 0 saturated carbocycles. The van der Waals surface area contributed by atoms with Crippen LogP contribution in [0.4, 0.5) is 0 Å². The second-order valence-corrected chi connectivity index (χ2v) is 3.31. The van der Waals surface area contributed by atoms with Crippen LogP contribution in [0, 0.1) is 0 Å². The quantitative estimate of drug-likeness (QED) is 0.782. The van der Waals surface area contributed by atoms with Crippen LogP contribution in [0.2, 0.25) is 5.02 Å². The van der Waals surface area contributed by atoms with Crippen LogP contribution >= 0.6 is 27.5 Å². The van der Waals surface area contributed by atoms with Gasteiger partial charge in [0.1, 0.15) is 0 Å².